The van der Waals surface area contributed by atoms with Crippen molar-refractivity contribution < 1.29 is 19.1 Å². The molecule has 0 bridgehead atoms. The van der Waals surface area contributed by atoms with Crippen molar-refractivity contribution in [1.29, 1.82) is 0 Å². The minimum Gasteiger partial charge on any atom is -0.456 e. The Morgan fingerprint density at radius 3 is 2.71 bits per heavy atom. The number of hydrogen-bond donors (Lipinski definition) is 1. The molecule has 6 heteroatoms. The van der Waals surface area contributed by atoms with Gasteiger partial charge in [-0.3, -0.25) is 14.4 Å². The lowest BCUT2D eigenvalue weighted by atomic mass is 9.86. The van der Waals surface area contributed by atoms with Crippen LogP contribution in [0.2, 0.25) is 0 Å². The first kappa shape index (κ1) is 20.4. The molecule has 1 heterocycles. The van der Waals surface area contributed by atoms with Crippen LogP contribution in [0.25, 0.3) is 0 Å². The number of amides is 2. The Balaban J connectivity index is 1.50. The number of fused-ring (bicyclic) bond motifs is 1. The van der Waals surface area contributed by atoms with E-state index in [1.54, 1.807) is 17.0 Å². The van der Waals surface area contributed by atoms with E-state index in [1.165, 1.54) is 32.1 Å². The number of ether oxygens (including phenoxy) is 1. The van der Waals surface area contributed by atoms with Gasteiger partial charge in [0.05, 0.1) is 11.4 Å². The topological polar surface area (TPSA) is 75.7 Å². The lowest BCUT2D eigenvalue weighted by molar-refractivity contribution is -0.148. The zero-order valence-electron chi connectivity index (χ0n) is 16.6. The lowest BCUT2D eigenvalue weighted by Gasteiger charge is -2.27. The van der Waals surface area contributed by atoms with E-state index in [9.17, 15) is 14.4 Å². The van der Waals surface area contributed by atoms with E-state index in [0.29, 0.717) is 17.8 Å². The smallest absolute Gasteiger partial charge is 0.306 e. The van der Waals surface area contributed by atoms with Crippen LogP contribution >= 0.6 is 0 Å². The summed E-state index contributed by atoms with van der Waals surface area (Å²) in [5, 5.41) is 2.82. The number of nitrogens with zero attached hydrogens (tertiary/aromatic N) is 1. The van der Waals surface area contributed by atoms with Gasteiger partial charge in [0.2, 0.25) is 5.91 Å². The Morgan fingerprint density at radius 1 is 1.18 bits per heavy atom. The van der Waals surface area contributed by atoms with Crippen LogP contribution in [0.5, 0.6) is 0 Å². The highest BCUT2D eigenvalue weighted by Crippen LogP contribution is 2.31. The predicted molar refractivity (Wildman–Crippen MR) is 108 cm³/mol. The van der Waals surface area contributed by atoms with Crippen molar-refractivity contribution in [3.8, 4) is 0 Å². The number of rotatable bonds is 6. The molecule has 1 aliphatic carbocycles. The quantitative estimate of drug-likeness (QED) is 0.749. The number of para-hydroxylation sites is 2. The normalized spacial score (nSPS) is 20.1. The molecule has 0 saturated heterocycles. The summed E-state index contributed by atoms with van der Waals surface area (Å²) in [6, 6.07) is 6.88. The maximum Gasteiger partial charge on any atom is 0.306 e. The van der Waals surface area contributed by atoms with Crippen molar-refractivity contribution in [3.05, 3.63) is 24.3 Å². The SMILES string of the molecule is C[C@H]1CC(=O)Nc2ccccc2N1C(=O)COC(=O)CCCC1CCCCC1. The molecule has 0 aromatic heterocycles. The minimum absolute atomic E-state index is 0.130. The fraction of sp³-hybridized carbons (Fsp3) is 0.591. The van der Waals surface area contributed by atoms with Gasteiger partial charge in [0, 0.05) is 18.9 Å². The monoisotopic (exact) mass is 386 g/mol. The molecule has 28 heavy (non-hydrogen) atoms. The van der Waals surface area contributed by atoms with Gasteiger partial charge in [-0.15, -0.1) is 0 Å². The lowest BCUT2D eigenvalue weighted by Crippen LogP contribution is -2.41. The molecule has 2 amide bonds. The van der Waals surface area contributed by atoms with E-state index < -0.39 is 0 Å². The number of benzene rings is 1. The first-order chi connectivity index (χ1) is 13.5. The molecule has 6 nitrogen and oxygen atoms in total. The third kappa shape index (κ3) is 5.33. The molecule has 152 valence electrons. The summed E-state index contributed by atoms with van der Waals surface area (Å²) in [7, 11) is 0. The first-order valence-electron chi connectivity index (χ1n) is 10.4. The largest absolute Gasteiger partial charge is 0.456 e. The number of nitrogens with one attached hydrogen (secondary N) is 1. The molecule has 1 aliphatic heterocycles. The molecular formula is C22H30N2O4. The third-order valence-corrected chi connectivity index (χ3v) is 5.70. The second-order valence-corrected chi connectivity index (χ2v) is 7.94. The zero-order chi connectivity index (χ0) is 19.9. The van der Waals surface area contributed by atoms with Crippen LogP contribution in [0.4, 0.5) is 11.4 Å². The predicted octanol–water partition coefficient (Wildman–Crippen LogP) is 4.04. The number of hydrogen-bond acceptors (Lipinski definition) is 4. The van der Waals surface area contributed by atoms with Gasteiger partial charge >= 0.3 is 5.97 Å². The van der Waals surface area contributed by atoms with Gasteiger partial charge in [-0.1, -0.05) is 44.2 Å². The summed E-state index contributed by atoms with van der Waals surface area (Å²) in [5.41, 5.74) is 1.24. The maximum atomic E-state index is 12.8. The summed E-state index contributed by atoms with van der Waals surface area (Å²) >= 11 is 0. The zero-order valence-corrected chi connectivity index (χ0v) is 16.6. The highest BCUT2D eigenvalue weighted by molar-refractivity contribution is 6.05. The molecule has 1 saturated carbocycles. The molecule has 1 aromatic rings. The Labute approximate surface area is 166 Å². The van der Waals surface area contributed by atoms with Crippen LogP contribution in [-0.4, -0.2) is 30.4 Å². The van der Waals surface area contributed by atoms with Crippen molar-refractivity contribution in [1.82, 2.24) is 0 Å². The minimum atomic E-state index is -0.325. The van der Waals surface area contributed by atoms with Gasteiger partial charge in [0.15, 0.2) is 6.61 Å². The van der Waals surface area contributed by atoms with Gasteiger partial charge < -0.3 is 15.0 Å². The highest BCUT2D eigenvalue weighted by atomic mass is 16.5. The Bertz CT molecular complexity index is 712. The van der Waals surface area contributed by atoms with Crippen LogP contribution in [0.3, 0.4) is 0 Å². The van der Waals surface area contributed by atoms with E-state index in [-0.39, 0.29) is 36.9 Å². The summed E-state index contributed by atoms with van der Waals surface area (Å²) in [6.45, 7) is 1.53. The molecule has 0 radical (unpaired) electrons. The van der Waals surface area contributed by atoms with Crippen LogP contribution in [0.1, 0.15) is 64.7 Å². The van der Waals surface area contributed by atoms with Crippen LogP contribution in [0.15, 0.2) is 24.3 Å². The fourth-order valence-electron chi connectivity index (χ4n) is 4.26. The van der Waals surface area contributed by atoms with Gasteiger partial charge in [-0.05, 0) is 37.8 Å². The fourth-order valence-corrected chi connectivity index (χ4v) is 4.26. The highest BCUT2D eigenvalue weighted by Gasteiger charge is 2.30. The second-order valence-electron chi connectivity index (χ2n) is 7.94. The Hall–Kier alpha value is -2.37. The van der Waals surface area contributed by atoms with E-state index in [1.807, 2.05) is 19.1 Å². The summed E-state index contributed by atoms with van der Waals surface area (Å²) in [5.74, 6) is -0.0242. The maximum absolute atomic E-state index is 12.8. The average Bonchev–Trinajstić information content (AvgIpc) is 2.81. The molecule has 1 atom stereocenters. The van der Waals surface area contributed by atoms with Gasteiger partial charge in [-0.25, -0.2) is 0 Å². The van der Waals surface area contributed by atoms with Crippen LogP contribution in [0, 0.1) is 5.92 Å². The molecule has 2 aliphatic rings. The van der Waals surface area contributed by atoms with Crippen molar-refractivity contribution in [2.75, 3.05) is 16.8 Å². The molecule has 1 N–H and O–H groups in total. The van der Waals surface area contributed by atoms with E-state index in [2.05, 4.69) is 5.32 Å². The van der Waals surface area contributed by atoms with Crippen molar-refractivity contribution in [2.45, 2.75) is 70.8 Å². The summed E-state index contributed by atoms with van der Waals surface area (Å²) in [4.78, 5) is 38.4. The standard InChI is InChI=1S/C22H30N2O4/c1-16-14-20(25)23-18-11-5-6-12-19(18)24(16)21(26)15-28-22(27)13-7-10-17-8-3-2-4-9-17/h5-6,11-12,16-17H,2-4,7-10,13-15H2,1H3,(H,23,25)/t16-/m0/s1. The van der Waals surface area contributed by atoms with Gasteiger partial charge in [0.25, 0.3) is 5.91 Å². The third-order valence-electron chi connectivity index (χ3n) is 5.70. The first-order valence-corrected chi connectivity index (χ1v) is 10.4. The number of esters is 1. The van der Waals surface area contributed by atoms with E-state index in [4.69, 9.17) is 4.74 Å². The van der Waals surface area contributed by atoms with Crippen molar-refractivity contribution in [2.24, 2.45) is 5.92 Å². The summed E-state index contributed by atoms with van der Waals surface area (Å²) in [6.07, 6.45) is 8.92. The van der Waals surface area contributed by atoms with E-state index in [0.717, 1.165) is 18.8 Å². The number of carbonyl (C=O) groups is 3. The van der Waals surface area contributed by atoms with Crippen molar-refractivity contribution >= 4 is 29.2 Å². The van der Waals surface area contributed by atoms with Gasteiger partial charge in [0.1, 0.15) is 0 Å². The Morgan fingerprint density at radius 2 is 1.93 bits per heavy atom. The number of carbonyl (C=O) groups excluding carboxylic acids is 3. The average molecular weight is 386 g/mol. The Kier molecular flexibility index (Phi) is 7.06. The molecule has 0 spiro atoms. The number of anilines is 2. The second kappa shape index (κ2) is 9.71. The van der Waals surface area contributed by atoms with Crippen LogP contribution in [-0.2, 0) is 19.1 Å². The molecular weight excluding hydrogens is 356 g/mol. The molecule has 0 unspecified atom stereocenters. The van der Waals surface area contributed by atoms with Crippen LogP contribution < -0.4 is 10.2 Å². The molecule has 1 fully saturated rings. The summed E-state index contributed by atoms with van der Waals surface area (Å²) < 4.78 is 5.24. The molecule has 1 aromatic carbocycles. The van der Waals surface area contributed by atoms with Crippen molar-refractivity contribution in [3.63, 3.8) is 0 Å². The van der Waals surface area contributed by atoms with E-state index >= 15 is 0 Å². The van der Waals surface area contributed by atoms with Gasteiger partial charge in [-0.2, -0.15) is 0 Å². The molecule has 3 rings (SSSR count).